The van der Waals surface area contributed by atoms with Crippen molar-refractivity contribution in [3.8, 4) is 0 Å². The molecule has 0 spiro atoms. The van der Waals surface area contributed by atoms with Gasteiger partial charge in [0.2, 0.25) is 9.84 Å². The standard InChI is InChI=1S/C14H15NO5S2/c1-21(16,17)13-5-2-6-14(8-13)22(18,19)11-20-10-12-4-3-7-15-9-12/h2-9H,10-11H2,1H3. The summed E-state index contributed by atoms with van der Waals surface area (Å²) in [6.45, 7) is 0.110. The van der Waals surface area contributed by atoms with Crippen molar-refractivity contribution in [3.63, 3.8) is 0 Å². The second-order valence-electron chi connectivity index (χ2n) is 4.69. The highest BCUT2D eigenvalue weighted by atomic mass is 32.2. The summed E-state index contributed by atoms with van der Waals surface area (Å²) in [5.74, 6) is -0.533. The van der Waals surface area contributed by atoms with Gasteiger partial charge in [-0.05, 0) is 29.8 Å². The summed E-state index contributed by atoms with van der Waals surface area (Å²) in [4.78, 5) is 3.78. The van der Waals surface area contributed by atoms with Gasteiger partial charge in [0, 0.05) is 18.6 Å². The van der Waals surface area contributed by atoms with Gasteiger partial charge in [-0.15, -0.1) is 0 Å². The molecule has 0 atom stereocenters. The number of sulfone groups is 2. The fraction of sp³-hybridized carbons (Fsp3) is 0.214. The third-order valence-corrected chi connectivity index (χ3v) is 5.38. The fourth-order valence-corrected chi connectivity index (χ4v) is 3.49. The number of hydrogen-bond donors (Lipinski definition) is 0. The summed E-state index contributed by atoms with van der Waals surface area (Å²) in [6.07, 6.45) is 4.21. The van der Waals surface area contributed by atoms with Gasteiger partial charge in [0.15, 0.2) is 15.8 Å². The highest BCUT2D eigenvalue weighted by molar-refractivity contribution is 7.91. The number of rotatable bonds is 6. The topological polar surface area (TPSA) is 90.4 Å². The van der Waals surface area contributed by atoms with Gasteiger partial charge in [-0.2, -0.15) is 0 Å². The van der Waals surface area contributed by atoms with Gasteiger partial charge < -0.3 is 4.74 Å². The third kappa shape index (κ3) is 4.36. The fourth-order valence-electron chi connectivity index (χ4n) is 1.72. The van der Waals surface area contributed by atoms with E-state index in [0.29, 0.717) is 0 Å². The van der Waals surface area contributed by atoms with Crippen LogP contribution in [0.2, 0.25) is 0 Å². The lowest BCUT2D eigenvalue weighted by atomic mass is 10.3. The Balaban J connectivity index is 2.11. The van der Waals surface area contributed by atoms with Crippen LogP contribution in [0.25, 0.3) is 0 Å². The maximum Gasteiger partial charge on any atom is 0.202 e. The van der Waals surface area contributed by atoms with Crippen molar-refractivity contribution in [1.82, 2.24) is 4.98 Å². The van der Waals surface area contributed by atoms with E-state index in [0.717, 1.165) is 17.9 Å². The lowest BCUT2D eigenvalue weighted by Crippen LogP contribution is -2.11. The quantitative estimate of drug-likeness (QED) is 0.789. The van der Waals surface area contributed by atoms with E-state index in [1.165, 1.54) is 18.2 Å². The SMILES string of the molecule is CS(=O)(=O)c1cccc(S(=O)(=O)COCc2cccnc2)c1. The van der Waals surface area contributed by atoms with E-state index in [1.807, 2.05) is 0 Å². The number of aromatic nitrogens is 1. The molecule has 1 heterocycles. The first kappa shape index (κ1) is 16.6. The summed E-state index contributed by atoms with van der Waals surface area (Å²) in [6, 6.07) is 8.72. The van der Waals surface area contributed by atoms with Gasteiger partial charge in [-0.25, -0.2) is 16.8 Å². The van der Waals surface area contributed by atoms with Gasteiger partial charge in [0.25, 0.3) is 0 Å². The molecule has 0 saturated carbocycles. The average Bonchev–Trinajstić information content (AvgIpc) is 2.47. The maximum absolute atomic E-state index is 12.2. The Bertz CT molecular complexity index is 846. The highest BCUT2D eigenvalue weighted by Crippen LogP contribution is 2.17. The van der Waals surface area contributed by atoms with Crippen molar-refractivity contribution in [1.29, 1.82) is 0 Å². The minimum Gasteiger partial charge on any atom is -0.360 e. The molecule has 0 aliphatic carbocycles. The molecule has 8 heteroatoms. The minimum absolute atomic E-state index is 0.0409. The van der Waals surface area contributed by atoms with Crippen LogP contribution in [0.5, 0.6) is 0 Å². The Morgan fingerprint density at radius 1 is 1.05 bits per heavy atom. The van der Waals surface area contributed by atoms with Crippen LogP contribution >= 0.6 is 0 Å². The molecule has 0 aliphatic heterocycles. The molecule has 22 heavy (non-hydrogen) atoms. The Morgan fingerprint density at radius 3 is 2.41 bits per heavy atom. The Hall–Kier alpha value is -1.77. The predicted molar refractivity (Wildman–Crippen MR) is 80.6 cm³/mol. The zero-order valence-corrected chi connectivity index (χ0v) is 13.5. The van der Waals surface area contributed by atoms with Crippen molar-refractivity contribution >= 4 is 19.7 Å². The molecule has 1 aromatic heterocycles. The van der Waals surface area contributed by atoms with E-state index in [4.69, 9.17) is 4.74 Å². The smallest absolute Gasteiger partial charge is 0.202 e. The van der Waals surface area contributed by atoms with Crippen LogP contribution in [0.1, 0.15) is 5.56 Å². The van der Waals surface area contributed by atoms with Crippen LogP contribution in [-0.2, 0) is 31.0 Å². The molecule has 0 bridgehead atoms. The third-order valence-electron chi connectivity index (χ3n) is 2.82. The summed E-state index contributed by atoms with van der Waals surface area (Å²) in [5.41, 5.74) is 0.752. The Labute approximate surface area is 129 Å². The van der Waals surface area contributed by atoms with E-state index < -0.39 is 25.6 Å². The minimum atomic E-state index is -3.72. The average molecular weight is 341 g/mol. The zero-order chi connectivity index (χ0) is 16.2. The Morgan fingerprint density at radius 2 is 1.77 bits per heavy atom. The van der Waals surface area contributed by atoms with Gasteiger partial charge in [-0.3, -0.25) is 4.98 Å². The number of ether oxygens (including phenoxy) is 1. The molecule has 6 nitrogen and oxygen atoms in total. The van der Waals surface area contributed by atoms with Crippen LogP contribution < -0.4 is 0 Å². The van der Waals surface area contributed by atoms with Crippen LogP contribution in [0, 0.1) is 0 Å². The normalized spacial score (nSPS) is 12.2. The molecule has 0 unspecified atom stereocenters. The van der Waals surface area contributed by atoms with E-state index >= 15 is 0 Å². The first-order chi connectivity index (χ1) is 10.3. The Kier molecular flexibility index (Phi) is 4.94. The van der Waals surface area contributed by atoms with Gasteiger partial charge in [0.1, 0.15) is 0 Å². The van der Waals surface area contributed by atoms with Crippen LogP contribution in [0.15, 0.2) is 58.6 Å². The molecule has 0 N–H and O–H groups in total. The van der Waals surface area contributed by atoms with E-state index in [9.17, 15) is 16.8 Å². The molecule has 2 aromatic rings. The number of benzene rings is 1. The molecule has 2 rings (SSSR count). The van der Waals surface area contributed by atoms with E-state index in [-0.39, 0.29) is 16.4 Å². The summed E-state index contributed by atoms with van der Waals surface area (Å²) < 4.78 is 52.5. The number of pyridine rings is 1. The molecular weight excluding hydrogens is 326 g/mol. The molecule has 1 aromatic carbocycles. The number of hydrogen-bond acceptors (Lipinski definition) is 6. The lowest BCUT2D eigenvalue weighted by molar-refractivity contribution is 0.163. The van der Waals surface area contributed by atoms with Crippen molar-refractivity contribution < 1.29 is 21.6 Å². The van der Waals surface area contributed by atoms with Crippen LogP contribution in [-0.4, -0.2) is 34.0 Å². The van der Waals surface area contributed by atoms with Crippen molar-refractivity contribution in [2.75, 3.05) is 12.2 Å². The van der Waals surface area contributed by atoms with Crippen molar-refractivity contribution in [3.05, 3.63) is 54.4 Å². The summed E-state index contributed by atoms with van der Waals surface area (Å²) in [5, 5.41) is 0. The monoisotopic (exact) mass is 341 g/mol. The molecular formula is C14H15NO5S2. The molecule has 0 fully saturated rings. The first-order valence-electron chi connectivity index (χ1n) is 6.28. The van der Waals surface area contributed by atoms with Gasteiger partial charge in [-0.1, -0.05) is 12.1 Å². The number of nitrogens with zero attached hydrogens (tertiary/aromatic N) is 1. The lowest BCUT2D eigenvalue weighted by Gasteiger charge is -2.07. The molecule has 0 amide bonds. The summed E-state index contributed by atoms with van der Waals surface area (Å²) >= 11 is 0. The van der Waals surface area contributed by atoms with Gasteiger partial charge >= 0.3 is 0 Å². The molecule has 0 radical (unpaired) electrons. The van der Waals surface area contributed by atoms with Gasteiger partial charge in [0.05, 0.1) is 16.4 Å². The predicted octanol–water partition coefficient (Wildman–Crippen LogP) is 1.43. The van der Waals surface area contributed by atoms with E-state index in [2.05, 4.69) is 4.98 Å². The van der Waals surface area contributed by atoms with E-state index in [1.54, 1.807) is 24.5 Å². The molecule has 118 valence electrons. The molecule has 0 saturated heterocycles. The maximum atomic E-state index is 12.2. The molecule has 0 aliphatic rings. The van der Waals surface area contributed by atoms with Crippen LogP contribution in [0.4, 0.5) is 0 Å². The summed E-state index contributed by atoms with van der Waals surface area (Å²) in [7, 11) is -7.18. The van der Waals surface area contributed by atoms with Crippen molar-refractivity contribution in [2.24, 2.45) is 0 Å². The van der Waals surface area contributed by atoms with Crippen LogP contribution in [0.3, 0.4) is 0 Å². The second kappa shape index (κ2) is 6.55. The van der Waals surface area contributed by atoms with Crippen molar-refractivity contribution in [2.45, 2.75) is 16.4 Å². The largest absolute Gasteiger partial charge is 0.360 e. The highest BCUT2D eigenvalue weighted by Gasteiger charge is 2.17. The first-order valence-corrected chi connectivity index (χ1v) is 9.83. The zero-order valence-electron chi connectivity index (χ0n) is 11.8. The second-order valence-corrected chi connectivity index (χ2v) is 8.64.